The zero-order chi connectivity index (χ0) is 29.6. The predicted octanol–water partition coefficient (Wildman–Crippen LogP) is 13.0. The van der Waals surface area contributed by atoms with Gasteiger partial charge in [0, 0.05) is 0 Å². The van der Waals surface area contributed by atoms with Crippen LogP contribution in [-0.2, 0) is 0 Å². The van der Waals surface area contributed by atoms with Gasteiger partial charge < -0.3 is 0 Å². The fourth-order valence-corrected chi connectivity index (χ4v) is 7.15. The average molecular weight is 561 g/mol. The molecule has 0 unspecified atom stereocenters. The first kappa shape index (κ1) is 26.2. The second kappa shape index (κ2) is 10.7. The first-order valence-electron chi connectivity index (χ1n) is 15.6. The van der Waals surface area contributed by atoms with Crippen LogP contribution in [0, 0.1) is 0 Å². The fourth-order valence-electron chi connectivity index (χ4n) is 7.15. The van der Waals surface area contributed by atoms with Crippen molar-refractivity contribution in [3.63, 3.8) is 0 Å². The average Bonchev–Trinajstić information content (AvgIpc) is 3.10. The lowest BCUT2D eigenvalue weighted by Crippen LogP contribution is -1.92. The van der Waals surface area contributed by atoms with Crippen molar-refractivity contribution in [1.29, 1.82) is 0 Å². The highest BCUT2D eigenvalue weighted by Gasteiger charge is 2.19. The van der Waals surface area contributed by atoms with Gasteiger partial charge in [-0.3, -0.25) is 0 Å². The molecule has 0 aliphatic carbocycles. The Balaban J connectivity index is 0.00000142. The molecule has 0 saturated heterocycles. The van der Waals surface area contributed by atoms with Crippen molar-refractivity contribution in [3.05, 3.63) is 158 Å². The lowest BCUT2D eigenvalue weighted by molar-refractivity contribution is 1.50. The van der Waals surface area contributed by atoms with Gasteiger partial charge in [-0.25, -0.2) is 0 Å². The van der Waals surface area contributed by atoms with Gasteiger partial charge in [0.15, 0.2) is 0 Å². The largest absolute Gasteiger partial charge is 0.0683 e. The van der Waals surface area contributed by atoms with Crippen molar-refractivity contribution in [1.82, 2.24) is 0 Å². The lowest BCUT2D eigenvalue weighted by atomic mass is 9.83. The van der Waals surface area contributed by atoms with Crippen LogP contribution < -0.4 is 0 Å². The molecule has 44 heavy (non-hydrogen) atoms. The summed E-state index contributed by atoms with van der Waals surface area (Å²) in [5.41, 5.74) is 5.16. The second-order valence-corrected chi connectivity index (χ2v) is 11.3. The van der Waals surface area contributed by atoms with Gasteiger partial charge in [0.05, 0.1) is 0 Å². The summed E-state index contributed by atoms with van der Waals surface area (Å²) >= 11 is 0. The number of benzene rings is 9. The fraction of sp³-hybridized carbons (Fsp3) is 0.0455. The van der Waals surface area contributed by atoms with E-state index in [0.29, 0.717) is 0 Å². The summed E-state index contributed by atoms with van der Waals surface area (Å²) < 4.78 is 0. The Morgan fingerprint density at radius 1 is 0.250 bits per heavy atom. The van der Waals surface area contributed by atoms with Gasteiger partial charge in [-0.1, -0.05) is 159 Å². The summed E-state index contributed by atoms with van der Waals surface area (Å²) in [5.74, 6) is 0. The highest BCUT2D eigenvalue weighted by molar-refractivity contribution is 6.26. The minimum absolute atomic E-state index is 1.26. The number of fused-ring (bicyclic) bond motifs is 7. The van der Waals surface area contributed by atoms with E-state index in [9.17, 15) is 0 Å². The highest BCUT2D eigenvalue weighted by Crippen LogP contribution is 2.47. The molecule has 0 aliphatic heterocycles. The summed E-state index contributed by atoms with van der Waals surface area (Å²) in [6.45, 7) is 4.00. The topological polar surface area (TPSA) is 0 Å². The number of hydrogen-bond donors (Lipinski definition) is 0. The minimum atomic E-state index is 1.26. The van der Waals surface area contributed by atoms with Gasteiger partial charge >= 0.3 is 0 Å². The maximum absolute atomic E-state index is 2.36. The van der Waals surface area contributed by atoms with Crippen LogP contribution >= 0.6 is 0 Å². The molecule has 0 radical (unpaired) electrons. The number of hydrogen-bond acceptors (Lipinski definition) is 0. The van der Waals surface area contributed by atoms with E-state index in [4.69, 9.17) is 0 Å². The van der Waals surface area contributed by atoms with E-state index in [1.54, 1.807) is 0 Å². The Labute approximate surface area is 257 Å². The smallest absolute Gasteiger partial charge is 0.00201 e. The highest BCUT2D eigenvalue weighted by atomic mass is 14.2. The summed E-state index contributed by atoms with van der Waals surface area (Å²) in [4.78, 5) is 0. The van der Waals surface area contributed by atoms with E-state index in [2.05, 4.69) is 158 Å². The molecule has 0 aromatic heterocycles. The van der Waals surface area contributed by atoms with Gasteiger partial charge in [0.2, 0.25) is 0 Å². The summed E-state index contributed by atoms with van der Waals surface area (Å²) in [6.07, 6.45) is 0. The Bertz CT molecular complexity index is 2450. The SMILES string of the molecule is CC.c1ccc2cc3c(ccc4c(-c5c6ccccc6c(-c6cccc7ccccc67)c6ccccc56)cccc43)cc2c1. The zero-order valence-corrected chi connectivity index (χ0v) is 25.0. The molecule has 208 valence electrons. The van der Waals surface area contributed by atoms with Crippen LogP contribution in [0.3, 0.4) is 0 Å². The maximum Gasteiger partial charge on any atom is -0.00201 e. The van der Waals surface area contributed by atoms with Crippen LogP contribution in [0.15, 0.2) is 158 Å². The van der Waals surface area contributed by atoms with Crippen LogP contribution in [0.25, 0.3) is 86.9 Å². The molecule has 9 rings (SSSR count). The van der Waals surface area contributed by atoms with Crippen molar-refractivity contribution >= 4 is 64.6 Å². The second-order valence-electron chi connectivity index (χ2n) is 11.3. The molecule has 0 atom stereocenters. The number of rotatable bonds is 2. The molecular weight excluding hydrogens is 528 g/mol. The van der Waals surface area contributed by atoms with Gasteiger partial charge in [0.25, 0.3) is 0 Å². The van der Waals surface area contributed by atoms with Crippen LogP contribution in [-0.4, -0.2) is 0 Å². The molecule has 9 aromatic rings. The summed E-state index contributed by atoms with van der Waals surface area (Å²) in [5, 5.41) is 15.4. The summed E-state index contributed by atoms with van der Waals surface area (Å²) in [6, 6.07) is 58.1. The monoisotopic (exact) mass is 560 g/mol. The molecule has 0 N–H and O–H groups in total. The zero-order valence-electron chi connectivity index (χ0n) is 25.0. The molecule has 0 aliphatic rings. The third kappa shape index (κ3) is 3.99. The Morgan fingerprint density at radius 3 is 1.30 bits per heavy atom. The Hall–Kier alpha value is -5.46. The van der Waals surface area contributed by atoms with E-state index in [-0.39, 0.29) is 0 Å². The van der Waals surface area contributed by atoms with Gasteiger partial charge in [-0.05, 0) is 99.0 Å². The van der Waals surface area contributed by atoms with Crippen molar-refractivity contribution in [2.45, 2.75) is 13.8 Å². The molecule has 9 aromatic carbocycles. The minimum Gasteiger partial charge on any atom is -0.0683 e. The van der Waals surface area contributed by atoms with Crippen LogP contribution in [0.1, 0.15) is 13.8 Å². The van der Waals surface area contributed by atoms with Crippen molar-refractivity contribution in [2.24, 2.45) is 0 Å². The predicted molar refractivity (Wildman–Crippen MR) is 194 cm³/mol. The van der Waals surface area contributed by atoms with Gasteiger partial charge in [0.1, 0.15) is 0 Å². The molecule has 0 fully saturated rings. The van der Waals surface area contributed by atoms with Crippen molar-refractivity contribution in [2.75, 3.05) is 0 Å². The molecule has 0 bridgehead atoms. The Morgan fingerprint density at radius 2 is 0.682 bits per heavy atom. The standard InChI is InChI=1S/C42H26.C2H6/c1-2-13-29-26-40-30(25-28(29)12-1)23-24-33-32(40)20-10-22-35(33)42-38-18-7-5-16-36(38)41(37-17-6-8-19-39(37)42)34-21-9-14-27-11-3-4-15-31(27)34;1-2/h1-26H;1-2H3. The van der Waals surface area contributed by atoms with Crippen LogP contribution in [0.4, 0.5) is 0 Å². The summed E-state index contributed by atoms with van der Waals surface area (Å²) in [7, 11) is 0. The Kier molecular flexibility index (Phi) is 6.35. The van der Waals surface area contributed by atoms with Gasteiger partial charge in [-0.2, -0.15) is 0 Å². The van der Waals surface area contributed by atoms with E-state index in [1.165, 1.54) is 86.9 Å². The molecule has 0 heterocycles. The lowest BCUT2D eigenvalue weighted by Gasteiger charge is -2.20. The molecular formula is C44H32. The third-order valence-corrected chi connectivity index (χ3v) is 9.00. The van der Waals surface area contributed by atoms with Crippen molar-refractivity contribution < 1.29 is 0 Å². The van der Waals surface area contributed by atoms with E-state index in [0.717, 1.165) is 0 Å². The molecule has 0 spiro atoms. The maximum atomic E-state index is 2.36. The molecule has 0 saturated carbocycles. The van der Waals surface area contributed by atoms with Crippen molar-refractivity contribution in [3.8, 4) is 22.3 Å². The molecule has 0 amide bonds. The quantitative estimate of drug-likeness (QED) is 0.146. The molecule has 0 nitrogen and oxygen atoms in total. The van der Waals surface area contributed by atoms with E-state index >= 15 is 0 Å². The normalized spacial score (nSPS) is 11.4. The first-order valence-corrected chi connectivity index (χ1v) is 15.6. The van der Waals surface area contributed by atoms with Crippen LogP contribution in [0.2, 0.25) is 0 Å². The van der Waals surface area contributed by atoms with Gasteiger partial charge in [-0.15, -0.1) is 0 Å². The van der Waals surface area contributed by atoms with E-state index < -0.39 is 0 Å². The first-order chi connectivity index (χ1) is 21.8. The van der Waals surface area contributed by atoms with E-state index in [1.807, 2.05) is 13.8 Å². The van der Waals surface area contributed by atoms with Crippen LogP contribution in [0.5, 0.6) is 0 Å². The molecule has 0 heteroatoms. The third-order valence-electron chi connectivity index (χ3n) is 9.00.